The summed E-state index contributed by atoms with van der Waals surface area (Å²) in [5, 5.41) is 2.75. The van der Waals surface area contributed by atoms with Crippen molar-refractivity contribution in [2.24, 2.45) is 0 Å². The van der Waals surface area contributed by atoms with Gasteiger partial charge in [0.25, 0.3) is 0 Å². The molecular formula is C15H10BrFN2OSe. The van der Waals surface area contributed by atoms with Gasteiger partial charge in [0, 0.05) is 0 Å². The van der Waals surface area contributed by atoms with Gasteiger partial charge in [-0.05, 0) is 0 Å². The summed E-state index contributed by atoms with van der Waals surface area (Å²) in [6.45, 7) is 1.47. The molecule has 0 unspecified atom stereocenters. The second-order valence-corrected chi connectivity index (χ2v) is 7.52. The Morgan fingerprint density at radius 3 is 2.81 bits per heavy atom. The van der Waals surface area contributed by atoms with Gasteiger partial charge in [-0.1, -0.05) is 0 Å². The molecular weight excluding hydrogens is 402 g/mol. The first-order chi connectivity index (χ1) is 10.0. The van der Waals surface area contributed by atoms with Gasteiger partial charge in [0.15, 0.2) is 0 Å². The van der Waals surface area contributed by atoms with Crippen molar-refractivity contribution in [2.45, 2.75) is 6.92 Å². The summed E-state index contributed by atoms with van der Waals surface area (Å²) in [6, 6.07) is 10.4. The molecule has 0 bridgehead atoms. The standard InChI is InChI=1S/C15H10BrFN2OSe/c1-8(20)18-12-4-2-9(6-11(12)16)15-19-13-7-10(17)3-5-14(13)21-15/h2-7H,1H3,(H,18,20). The summed E-state index contributed by atoms with van der Waals surface area (Å²) in [5.41, 5.74) is 2.42. The molecule has 106 valence electrons. The van der Waals surface area contributed by atoms with E-state index in [1.54, 1.807) is 6.07 Å². The Labute approximate surface area is 135 Å². The Bertz CT molecular complexity index is 847. The Balaban J connectivity index is 2.02. The zero-order valence-electron chi connectivity index (χ0n) is 11.0. The van der Waals surface area contributed by atoms with Crippen LogP contribution >= 0.6 is 15.9 Å². The molecule has 0 fully saturated rings. The molecule has 0 radical (unpaired) electrons. The first-order valence-corrected chi connectivity index (χ1v) is 8.67. The van der Waals surface area contributed by atoms with E-state index < -0.39 is 0 Å². The Kier molecular flexibility index (Phi) is 3.93. The fourth-order valence-corrected chi connectivity index (χ4v) is 4.42. The number of anilines is 1. The third-order valence-corrected chi connectivity index (χ3v) is 5.81. The van der Waals surface area contributed by atoms with Crippen LogP contribution in [0, 0.1) is 5.82 Å². The van der Waals surface area contributed by atoms with Crippen molar-refractivity contribution in [3.8, 4) is 10.1 Å². The molecule has 3 rings (SSSR count). The normalized spacial score (nSPS) is 10.8. The maximum atomic E-state index is 13.2. The Morgan fingerprint density at radius 1 is 1.29 bits per heavy atom. The number of carbonyl (C=O) groups excluding carboxylic acids is 1. The number of aromatic nitrogens is 1. The van der Waals surface area contributed by atoms with Gasteiger partial charge in [-0.15, -0.1) is 0 Å². The summed E-state index contributed by atoms with van der Waals surface area (Å²) in [4.78, 5) is 15.6. The van der Waals surface area contributed by atoms with Crippen LogP contribution in [0.3, 0.4) is 0 Å². The third-order valence-electron chi connectivity index (χ3n) is 2.88. The fraction of sp³-hybridized carbons (Fsp3) is 0.0667. The van der Waals surface area contributed by atoms with E-state index in [-0.39, 0.29) is 26.2 Å². The van der Waals surface area contributed by atoms with Crippen molar-refractivity contribution in [1.82, 2.24) is 4.98 Å². The van der Waals surface area contributed by atoms with Crippen LogP contribution in [0.25, 0.3) is 19.9 Å². The second kappa shape index (κ2) is 5.72. The summed E-state index contributed by atoms with van der Waals surface area (Å²) < 4.78 is 16.1. The molecule has 3 aromatic rings. The summed E-state index contributed by atoms with van der Waals surface area (Å²) in [5.74, 6) is -0.384. The van der Waals surface area contributed by atoms with E-state index in [0.29, 0.717) is 5.52 Å². The number of nitrogens with one attached hydrogen (secondary N) is 1. The third kappa shape index (κ3) is 3.07. The molecule has 1 aromatic heterocycles. The molecule has 0 aliphatic carbocycles. The number of hydrogen-bond acceptors (Lipinski definition) is 2. The quantitative estimate of drug-likeness (QED) is 0.651. The molecule has 1 N–H and O–H groups in total. The minimum atomic E-state index is -0.267. The van der Waals surface area contributed by atoms with Gasteiger partial charge in [0.05, 0.1) is 0 Å². The van der Waals surface area contributed by atoms with Crippen LogP contribution in [0.4, 0.5) is 10.1 Å². The van der Waals surface area contributed by atoms with Crippen LogP contribution in [-0.4, -0.2) is 25.4 Å². The molecule has 2 aromatic carbocycles. The van der Waals surface area contributed by atoms with Crippen LogP contribution in [0.15, 0.2) is 40.9 Å². The molecule has 6 heteroatoms. The SMILES string of the molecule is CC(=O)Nc1ccc(-c2nc3cc(F)ccc3[se]2)cc1Br. The summed E-state index contributed by atoms with van der Waals surface area (Å²) in [6.07, 6.45) is 0. The average molecular weight is 412 g/mol. The summed E-state index contributed by atoms with van der Waals surface area (Å²) in [7, 11) is 0. The topological polar surface area (TPSA) is 42.0 Å². The molecule has 0 aliphatic rings. The van der Waals surface area contributed by atoms with E-state index in [2.05, 4.69) is 26.2 Å². The van der Waals surface area contributed by atoms with E-state index in [1.807, 2.05) is 18.2 Å². The number of fused-ring (bicyclic) bond motifs is 1. The number of rotatable bonds is 2. The first-order valence-electron chi connectivity index (χ1n) is 6.16. The van der Waals surface area contributed by atoms with Crippen LogP contribution in [-0.2, 0) is 4.79 Å². The molecule has 0 saturated carbocycles. The molecule has 0 atom stereocenters. The molecule has 0 spiro atoms. The van der Waals surface area contributed by atoms with Crippen LogP contribution in [0.5, 0.6) is 0 Å². The van der Waals surface area contributed by atoms with E-state index >= 15 is 0 Å². The predicted octanol–water partition coefficient (Wildman–Crippen LogP) is 3.82. The Hall–Kier alpha value is -1.49. The van der Waals surface area contributed by atoms with E-state index in [1.165, 1.54) is 19.1 Å². The van der Waals surface area contributed by atoms with Crippen molar-refractivity contribution in [3.05, 3.63) is 46.7 Å². The van der Waals surface area contributed by atoms with Gasteiger partial charge < -0.3 is 0 Å². The molecule has 1 heterocycles. The number of hydrogen-bond donors (Lipinski definition) is 1. The van der Waals surface area contributed by atoms with Crippen LogP contribution in [0.1, 0.15) is 6.92 Å². The van der Waals surface area contributed by atoms with E-state index in [0.717, 1.165) is 24.6 Å². The van der Waals surface area contributed by atoms with Crippen molar-refractivity contribution in [3.63, 3.8) is 0 Å². The maximum absolute atomic E-state index is 13.2. The van der Waals surface area contributed by atoms with Gasteiger partial charge in [-0.3, -0.25) is 0 Å². The first kappa shape index (κ1) is 14.4. The summed E-state index contributed by atoms with van der Waals surface area (Å²) >= 11 is 3.51. The van der Waals surface area contributed by atoms with E-state index in [9.17, 15) is 9.18 Å². The number of amides is 1. The minimum absolute atomic E-state index is 0.0675. The van der Waals surface area contributed by atoms with Gasteiger partial charge >= 0.3 is 135 Å². The van der Waals surface area contributed by atoms with Crippen molar-refractivity contribution in [1.29, 1.82) is 0 Å². The zero-order valence-corrected chi connectivity index (χ0v) is 14.3. The number of carbonyl (C=O) groups is 1. The van der Waals surface area contributed by atoms with Crippen LogP contribution in [0.2, 0.25) is 0 Å². The van der Waals surface area contributed by atoms with Gasteiger partial charge in [-0.25, -0.2) is 0 Å². The van der Waals surface area contributed by atoms with Gasteiger partial charge in [-0.2, -0.15) is 0 Å². The second-order valence-electron chi connectivity index (χ2n) is 4.51. The van der Waals surface area contributed by atoms with Crippen molar-refractivity contribution < 1.29 is 9.18 Å². The molecule has 3 nitrogen and oxygen atoms in total. The Morgan fingerprint density at radius 2 is 2.10 bits per heavy atom. The van der Waals surface area contributed by atoms with Crippen LogP contribution < -0.4 is 5.32 Å². The molecule has 21 heavy (non-hydrogen) atoms. The number of benzene rings is 2. The van der Waals surface area contributed by atoms with Crippen molar-refractivity contribution in [2.75, 3.05) is 5.32 Å². The molecule has 1 amide bonds. The molecule has 0 aliphatic heterocycles. The number of nitrogens with zero attached hydrogens (tertiary/aromatic N) is 1. The molecule has 0 saturated heterocycles. The van der Waals surface area contributed by atoms with Crippen molar-refractivity contribution >= 4 is 51.8 Å². The predicted molar refractivity (Wildman–Crippen MR) is 86.1 cm³/mol. The average Bonchev–Trinajstić information content (AvgIpc) is 2.83. The number of halogens is 2. The monoisotopic (exact) mass is 412 g/mol. The van der Waals surface area contributed by atoms with Gasteiger partial charge in [0.1, 0.15) is 0 Å². The fourth-order valence-electron chi connectivity index (χ4n) is 1.96. The van der Waals surface area contributed by atoms with E-state index in [4.69, 9.17) is 0 Å². The zero-order chi connectivity index (χ0) is 15.0. The van der Waals surface area contributed by atoms with Gasteiger partial charge in [0.2, 0.25) is 0 Å².